The topological polar surface area (TPSA) is 50.9 Å². The Morgan fingerprint density at radius 3 is 1.97 bits per heavy atom. The standard InChI is InChI=1S/C56H46N3O.Pt/c1-56(2,3)45-27-29-51(49(36-45)39-20-11-6-12-21-39)59-52-25-15-24-46(53(52)58-55(59)48-28-26-40-22-13-14-23-47(40)54(48)60)43-32-42(38-18-9-5-10-19-38)33-44(34-43)50-35-41(30-31-57-50)37-16-7-4-8-17-37;/h4-12,15-21,24-33,35-36,60H,13-14,22-23H2,1-3H3;/q-1;. The van der Waals surface area contributed by atoms with Crippen molar-refractivity contribution in [2.75, 3.05) is 0 Å². The molecule has 0 unspecified atom stereocenters. The van der Waals surface area contributed by atoms with E-state index in [0.29, 0.717) is 11.6 Å². The quantitative estimate of drug-likeness (QED) is 0.162. The number of aromatic hydroxyl groups is 1. The molecule has 1 aliphatic rings. The van der Waals surface area contributed by atoms with E-state index < -0.39 is 0 Å². The largest absolute Gasteiger partial charge is 0.507 e. The molecule has 9 aromatic rings. The van der Waals surface area contributed by atoms with Gasteiger partial charge in [0.25, 0.3) is 0 Å². The van der Waals surface area contributed by atoms with Crippen molar-refractivity contribution in [3.63, 3.8) is 0 Å². The van der Waals surface area contributed by atoms with Crippen LogP contribution in [0.2, 0.25) is 0 Å². The summed E-state index contributed by atoms with van der Waals surface area (Å²) in [6.07, 6.45) is 5.93. The smallest absolute Gasteiger partial charge is 0.148 e. The van der Waals surface area contributed by atoms with E-state index in [-0.39, 0.29) is 26.5 Å². The molecule has 0 radical (unpaired) electrons. The maximum atomic E-state index is 12.2. The van der Waals surface area contributed by atoms with Crippen molar-refractivity contribution in [3.8, 4) is 78.6 Å². The average Bonchev–Trinajstić information content (AvgIpc) is 3.69. The first-order chi connectivity index (χ1) is 29.3. The molecule has 0 saturated heterocycles. The van der Waals surface area contributed by atoms with E-state index in [4.69, 9.17) is 9.97 Å². The summed E-state index contributed by atoms with van der Waals surface area (Å²) >= 11 is 0. The number of pyridine rings is 1. The van der Waals surface area contributed by atoms with E-state index in [1.165, 1.54) is 11.1 Å². The minimum absolute atomic E-state index is 0. The van der Waals surface area contributed by atoms with Crippen LogP contribution in [0.1, 0.15) is 50.3 Å². The number of hydrogen-bond acceptors (Lipinski definition) is 3. The third-order valence-corrected chi connectivity index (χ3v) is 12.0. The van der Waals surface area contributed by atoms with Gasteiger partial charge in [0.2, 0.25) is 0 Å². The summed E-state index contributed by atoms with van der Waals surface area (Å²) in [5.74, 6) is 1.04. The fourth-order valence-corrected chi connectivity index (χ4v) is 8.81. The van der Waals surface area contributed by atoms with Crippen molar-refractivity contribution in [1.82, 2.24) is 14.5 Å². The predicted octanol–water partition coefficient (Wildman–Crippen LogP) is 14.1. The fraction of sp³-hybridized carbons (Fsp3) is 0.143. The van der Waals surface area contributed by atoms with Gasteiger partial charge in [0.15, 0.2) is 0 Å². The SMILES string of the molecule is CC(C)(C)c1ccc(-n2c(-c3ccc4c(c3O)CCCC4)nc3c(-c4[c-]c(-c5cc(-c6ccccc6)ccn5)cc(-c5ccccc5)c4)cccc32)c(-c2ccccc2)c1.[Pt]. The van der Waals surface area contributed by atoms with Gasteiger partial charge in [-0.05, 0) is 100 Å². The number of benzene rings is 7. The second-order valence-electron chi connectivity index (χ2n) is 17.0. The number of fused-ring (bicyclic) bond motifs is 2. The Hall–Kier alpha value is -6.35. The number of aromatic nitrogens is 3. The Morgan fingerprint density at radius 2 is 1.25 bits per heavy atom. The van der Waals surface area contributed by atoms with E-state index in [0.717, 1.165) is 109 Å². The van der Waals surface area contributed by atoms with Crippen molar-refractivity contribution in [2.24, 2.45) is 0 Å². The zero-order valence-corrected chi connectivity index (χ0v) is 36.9. The number of aryl methyl sites for hydroxylation is 1. The van der Waals surface area contributed by atoms with E-state index in [9.17, 15) is 5.11 Å². The molecule has 1 N–H and O–H groups in total. The molecule has 0 spiro atoms. The molecular weight excluding hydrogens is 926 g/mol. The summed E-state index contributed by atoms with van der Waals surface area (Å²) in [5, 5.41) is 12.2. The molecule has 0 bridgehead atoms. The molecule has 0 fully saturated rings. The van der Waals surface area contributed by atoms with Gasteiger partial charge in [-0.2, -0.15) is 0 Å². The van der Waals surface area contributed by atoms with Crippen molar-refractivity contribution in [1.29, 1.82) is 0 Å². The van der Waals surface area contributed by atoms with Gasteiger partial charge in [0.05, 0.1) is 22.3 Å². The zero-order chi connectivity index (χ0) is 40.8. The van der Waals surface area contributed by atoms with Crippen LogP contribution >= 0.6 is 0 Å². The molecule has 1 aliphatic carbocycles. The van der Waals surface area contributed by atoms with E-state index in [1.807, 2.05) is 18.3 Å². The molecule has 0 saturated carbocycles. The first-order valence-corrected chi connectivity index (χ1v) is 21.0. The van der Waals surface area contributed by atoms with Crippen LogP contribution in [0.25, 0.3) is 83.9 Å². The van der Waals surface area contributed by atoms with Crippen LogP contribution in [0.3, 0.4) is 0 Å². The third kappa shape index (κ3) is 7.66. The zero-order valence-electron chi connectivity index (χ0n) is 34.6. The van der Waals surface area contributed by atoms with Crippen molar-refractivity contribution < 1.29 is 26.2 Å². The predicted molar refractivity (Wildman–Crippen MR) is 247 cm³/mol. The fourth-order valence-electron chi connectivity index (χ4n) is 8.81. The van der Waals surface area contributed by atoms with Crippen LogP contribution in [0.15, 0.2) is 170 Å². The molecular formula is C56H46N3OPt-. The Labute approximate surface area is 372 Å². The van der Waals surface area contributed by atoms with Gasteiger partial charge >= 0.3 is 0 Å². The van der Waals surface area contributed by atoms with Crippen LogP contribution in [-0.4, -0.2) is 19.6 Å². The average molecular weight is 972 g/mol. The second kappa shape index (κ2) is 16.6. The van der Waals surface area contributed by atoms with Crippen LogP contribution in [0.5, 0.6) is 5.75 Å². The first-order valence-electron chi connectivity index (χ1n) is 21.0. The number of nitrogens with zero attached hydrogens (tertiary/aromatic N) is 3. The monoisotopic (exact) mass is 971 g/mol. The molecule has 0 atom stereocenters. The van der Waals surface area contributed by atoms with E-state index in [1.54, 1.807) is 0 Å². The summed E-state index contributed by atoms with van der Waals surface area (Å²) < 4.78 is 2.27. The number of phenols is 1. The first kappa shape index (κ1) is 40.1. The molecule has 302 valence electrons. The summed E-state index contributed by atoms with van der Waals surface area (Å²) in [7, 11) is 0. The van der Waals surface area contributed by atoms with Crippen LogP contribution in [-0.2, 0) is 39.3 Å². The van der Waals surface area contributed by atoms with Gasteiger partial charge in [-0.3, -0.25) is 9.55 Å². The van der Waals surface area contributed by atoms with Gasteiger partial charge in [-0.15, -0.1) is 23.8 Å². The third-order valence-electron chi connectivity index (χ3n) is 12.0. The summed E-state index contributed by atoms with van der Waals surface area (Å²) in [4.78, 5) is 10.5. The Morgan fingerprint density at radius 1 is 0.574 bits per heavy atom. The minimum Gasteiger partial charge on any atom is -0.507 e. The molecule has 61 heavy (non-hydrogen) atoms. The Kier molecular flexibility index (Phi) is 10.9. The molecule has 10 rings (SSSR count). The molecule has 4 nitrogen and oxygen atoms in total. The van der Waals surface area contributed by atoms with Crippen molar-refractivity contribution in [3.05, 3.63) is 193 Å². The van der Waals surface area contributed by atoms with Gasteiger partial charge < -0.3 is 5.11 Å². The van der Waals surface area contributed by atoms with Crippen LogP contribution in [0, 0.1) is 6.07 Å². The van der Waals surface area contributed by atoms with Gasteiger partial charge in [-0.1, -0.05) is 159 Å². The molecule has 2 heterocycles. The van der Waals surface area contributed by atoms with E-state index >= 15 is 0 Å². The molecule has 0 aliphatic heterocycles. The molecule has 7 aromatic carbocycles. The van der Waals surface area contributed by atoms with Crippen molar-refractivity contribution in [2.45, 2.75) is 51.9 Å². The minimum atomic E-state index is -0.0569. The summed E-state index contributed by atoms with van der Waals surface area (Å²) in [5.41, 5.74) is 17.3. The molecule has 0 amide bonds. The van der Waals surface area contributed by atoms with Gasteiger partial charge in [0, 0.05) is 38.5 Å². The van der Waals surface area contributed by atoms with E-state index in [2.05, 4.69) is 183 Å². The number of hydrogen-bond donors (Lipinski definition) is 1. The number of rotatable bonds is 7. The van der Waals surface area contributed by atoms with Crippen LogP contribution < -0.4 is 0 Å². The molecule has 2 aromatic heterocycles. The number of phenolic OH excluding ortho intramolecular Hbond substituents is 1. The Balaban J connectivity index is 0.00000476. The molecule has 5 heteroatoms. The summed E-state index contributed by atoms with van der Waals surface area (Å²) in [6, 6.07) is 61.5. The number of para-hydroxylation sites is 1. The second-order valence-corrected chi connectivity index (χ2v) is 17.0. The summed E-state index contributed by atoms with van der Waals surface area (Å²) in [6.45, 7) is 6.77. The van der Waals surface area contributed by atoms with Gasteiger partial charge in [0.1, 0.15) is 11.6 Å². The Bertz CT molecular complexity index is 3020. The van der Waals surface area contributed by atoms with Gasteiger partial charge in [-0.25, -0.2) is 4.98 Å². The normalized spacial score (nSPS) is 12.5. The number of imidazole rings is 1. The maximum Gasteiger partial charge on any atom is 0.148 e. The van der Waals surface area contributed by atoms with Crippen molar-refractivity contribution >= 4 is 11.0 Å². The van der Waals surface area contributed by atoms with Crippen LogP contribution in [0.4, 0.5) is 0 Å². The maximum absolute atomic E-state index is 12.2.